The van der Waals surface area contributed by atoms with E-state index in [0.717, 1.165) is 51.4 Å². The molecule has 0 aromatic heterocycles. The van der Waals surface area contributed by atoms with Crippen LogP contribution in [0.1, 0.15) is 136 Å². The van der Waals surface area contributed by atoms with Crippen molar-refractivity contribution in [1.82, 2.24) is 5.32 Å². The Hall–Kier alpha value is -1.26. The standard InChI is InChI=1S/C27H51NO4/c1-3-5-7-9-11-12-14-19-23-32-27(30)28-25(24-20-16-15-17-21-24)26(29)31-22-18-13-10-8-6-4-2/h24-25H,3-23H2,1-2H3,(H,28,30). The molecule has 1 saturated carbocycles. The molecular weight excluding hydrogens is 402 g/mol. The molecule has 1 unspecified atom stereocenters. The number of esters is 1. The molecule has 1 rings (SSSR count). The van der Waals surface area contributed by atoms with Gasteiger partial charge in [0.1, 0.15) is 6.04 Å². The second-order valence-corrected chi connectivity index (χ2v) is 9.57. The maximum absolute atomic E-state index is 12.7. The van der Waals surface area contributed by atoms with Crippen LogP contribution in [0.15, 0.2) is 0 Å². The minimum atomic E-state index is -0.568. The lowest BCUT2D eigenvalue weighted by molar-refractivity contribution is -0.148. The Kier molecular flexibility index (Phi) is 18.3. The van der Waals surface area contributed by atoms with Crippen molar-refractivity contribution in [2.45, 2.75) is 142 Å². The molecule has 32 heavy (non-hydrogen) atoms. The third-order valence-electron chi connectivity index (χ3n) is 6.62. The van der Waals surface area contributed by atoms with Crippen molar-refractivity contribution in [2.24, 2.45) is 5.92 Å². The van der Waals surface area contributed by atoms with Gasteiger partial charge in [0, 0.05) is 0 Å². The molecule has 1 atom stereocenters. The van der Waals surface area contributed by atoms with Gasteiger partial charge >= 0.3 is 12.1 Å². The number of ether oxygens (including phenoxy) is 2. The summed E-state index contributed by atoms with van der Waals surface area (Å²) in [6.07, 6.45) is 21.5. The number of unbranched alkanes of at least 4 members (excludes halogenated alkanes) is 12. The Labute approximate surface area is 197 Å². The number of carbonyl (C=O) groups excluding carboxylic acids is 2. The first-order chi connectivity index (χ1) is 15.7. The lowest BCUT2D eigenvalue weighted by Gasteiger charge is -2.29. The summed E-state index contributed by atoms with van der Waals surface area (Å²) in [5, 5.41) is 2.84. The Morgan fingerprint density at radius 2 is 1.16 bits per heavy atom. The molecule has 188 valence electrons. The van der Waals surface area contributed by atoms with Crippen molar-refractivity contribution in [3.05, 3.63) is 0 Å². The topological polar surface area (TPSA) is 64.6 Å². The largest absolute Gasteiger partial charge is 0.464 e. The first-order valence-corrected chi connectivity index (χ1v) is 13.8. The van der Waals surface area contributed by atoms with Crippen molar-refractivity contribution in [1.29, 1.82) is 0 Å². The van der Waals surface area contributed by atoms with Crippen LogP contribution in [0.2, 0.25) is 0 Å². The zero-order chi connectivity index (χ0) is 23.3. The molecule has 1 N–H and O–H groups in total. The van der Waals surface area contributed by atoms with Gasteiger partial charge in [0.05, 0.1) is 13.2 Å². The molecule has 5 nitrogen and oxygen atoms in total. The van der Waals surface area contributed by atoms with Crippen LogP contribution < -0.4 is 5.32 Å². The van der Waals surface area contributed by atoms with E-state index in [2.05, 4.69) is 19.2 Å². The van der Waals surface area contributed by atoms with Gasteiger partial charge in [-0.25, -0.2) is 9.59 Å². The third kappa shape index (κ3) is 14.7. The maximum atomic E-state index is 12.7. The molecule has 0 heterocycles. The zero-order valence-electron chi connectivity index (χ0n) is 21.1. The molecule has 0 aliphatic heterocycles. The maximum Gasteiger partial charge on any atom is 0.407 e. The van der Waals surface area contributed by atoms with E-state index in [1.54, 1.807) is 0 Å². The first kappa shape index (κ1) is 28.8. The van der Waals surface area contributed by atoms with Crippen LogP contribution in [0.3, 0.4) is 0 Å². The van der Waals surface area contributed by atoms with Gasteiger partial charge in [-0.3, -0.25) is 0 Å². The Morgan fingerprint density at radius 1 is 0.688 bits per heavy atom. The summed E-state index contributed by atoms with van der Waals surface area (Å²) < 4.78 is 10.9. The average Bonchev–Trinajstić information content (AvgIpc) is 2.81. The van der Waals surface area contributed by atoms with Crippen molar-refractivity contribution >= 4 is 12.1 Å². The SMILES string of the molecule is CCCCCCCCCCOC(=O)NC(C(=O)OCCCCCCCC)C1CCCCC1. The third-order valence-corrected chi connectivity index (χ3v) is 6.62. The molecule has 1 aliphatic rings. The first-order valence-electron chi connectivity index (χ1n) is 13.8. The van der Waals surface area contributed by atoms with E-state index < -0.39 is 12.1 Å². The van der Waals surface area contributed by atoms with Gasteiger partial charge < -0.3 is 14.8 Å². The molecule has 0 saturated heterocycles. The number of nitrogens with one attached hydrogen (secondary N) is 1. The normalized spacial score (nSPS) is 15.3. The van der Waals surface area contributed by atoms with E-state index in [4.69, 9.17) is 9.47 Å². The van der Waals surface area contributed by atoms with Crippen LogP contribution in [0.5, 0.6) is 0 Å². The van der Waals surface area contributed by atoms with Crippen LogP contribution in [-0.2, 0) is 14.3 Å². The van der Waals surface area contributed by atoms with Gasteiger partial charge in [0.2, 0.25) is 0 Å². The summed E-state index contributed by atoms with van der Waals surface area (Å²) in [6.45, 7) is 5.31. The fourth-order valence-corrected chi connectivity index (χ4v) is 4.55. The van der Waals surface area contributed by atoms with Crippen LogP contribution in [0.25, 0.3) is 0 Å². The van der Waals surface area contributed by atoms with Crippen LogP contribution in [0.4, 0.5) is 4.79 Å². The predicted molar refractivity (Wildman–Crippen MR) is 132 cm³/mol. The molecule has 0 bridgehead atoms. The number of hydrogen-bond acceptors (Lipinski definition) is 4. The second-order valence-electron chi connectivity index (χ2n) is 9.57. The van der Waals surface area contributed by atoms with Gasteiger partial charge in [-0.05, 0) is 31.6 Å². The monoisotopic (exact) mass is 453 g/mol. The van der Waals surface area contributed by atoms with E-state index in [1.807, 2.05) is 0 Å². The minimum absolute atomic E-state index is 0.163. The summed E-state index contributed by atoms with van der Waals surface area (Å²) >= 11 is 0. The zero-order valence-corrected chi connectivity index (χ0v) is 21.1. The van der Waals surface area contributed by atoms with Gasteiger partial charge in [0.25, 0.3) is 0 Å². The fraction of sp³-hybridized carbons (Fsp3) is 0.926. The molecule has 1 fully saturated rings. The smallest absolute Gasteiger partial charge is 0.407 e. The highest BCUT2D eigenvalue weighted by molar-refractivity contribution is 5.81. The lowest BCUT2D eigenvalue weighted by Crippen LogP contribution is -2.47. The average molecular weight is 454 g/mol. The van der Waals surface area contributed by atoms with E-state index in [1.165, 1.54) is 70.6 Å². The Morgan fingerprint density at radius 3 is 1.69 bits per heavy atom. The summed E-state index contributed by atoms with van der Waals surface area (Å²) in [4.78, 5) is 25.1. The van der Waals surface area contributed by atoms with Gasteiger partial charge in [0.15, 0.2) is 0 Å². The molecule has 1 aliphatic carbocycles. The summed E-state index contributed by atoms with van der Waals surface area (Å²) in [6, 6.07) is -0.568. The summed E-state index contributed by atoms with van der Waals surface area (Å²) in [5.41, 5.74) is 0. The predicted octanol–water partition coefficient (Wildman–Crippen LogP) is 7.71. The summed E-state index contributed by atoms with van der Waals surface area (Å²) in [5.74, 6) is -0.119. The quantitative estimate of drug-likeness (QED) is 0.161. The minimum Gasteiger partial charge on any atom is -0.464 e. The van der Waals surface area contributed by atoms with E-state index in [9.17, 15) is 9.59 Å². The highest BCUT2D eigenvalue weighted by Gasteiger charge is 2.32. The lowest BCUT2D eigenvalue weighted by atomic mass is 9.84. The Bertz CT molecular complexity index is 463. The molecule has 0 radical (unpaired) electrons. The highest BCUT2D eigenvalue weighted by Crippen LogP contribution is 2.27. The van der Waals surface area contributed by atoms with E-state index in [0.29, 0.717) is 13.2 Å². The van der Waals surface area contributed by atoms with Crippen molar-refractivity contribution in [3.63, 3.8) is 0 Å². The molecule has 0 spiro atoms. The van der Waals surface area contributed by atoms with Gasteiger partial charge in [-0.2, -0.15) is 0 Å². The number of alkyl carbamates (subject to hydrolysis) is 1. The van der Waals surface area contributed by atoms with Crippen molar-refractivity contribution in [2.75, 3.05) is 13.2 Å². The fourth-order valence-electron chi connectivity index (χ4n) is 4.55. The number of rotatable bonds is 19. The summed E-state index contributed by atoms with van der Waals surface area (Å²) in [7, 11) is 0. The van der Waals surface area contributed by atoms with Crippen LogP contribution >= 0.6 is 0 Å². The van der Waals surface area contributed by atoms with Gasteiger partial charge in [-0.1, -0.05) is 110 Å². The van der Waals surface area contributed by atoms with Crippen LogP contribution in [-0.4, -0.2) is 31.3 Å². The molecular formula is C27H51NO4. The molecule has 0 aromatic carbocycles. The molecule has 1 amide bonds. The molecule has 0 aromatic rings. The van der Waals surface area contributed by atoms with Crippen molar-refractivity contribution < 1.29 is 19.1 Å². The Balaban J connectivity index is 2.27. The van der Waals surface area contributed by atoms with E-state index >= 15 is 0 Å². The van der Waals surface area contributed by atoms with Gasteiger partial charge in [-0.15, -0.1) is 0 Å². The number of carbonyl (C=O) groups is 2. The number of amides is 1. The van der Waals surface area contributed by atoms with Crippen molar-refractivity contribution in [3.8, 4) is 0 Å². The van der Waals surface area contributed by atoms with E-state index in [-0.39, 0.29) is 11.9 Å². The number of hydrogen-bond donors (Lipinski definition) is 1. The van der Waals surface area contributed by atoms with Crippen LogP contribution in [0, 0.1) is 5.92 Å². The second kappa shape index (κ2) is 20.4. The highest BCUT2D eigenvalue weighted by atomic mass is 16.6. The molecule has 5 heteroatoms.